The summed E-state index contributed by atoms with van der Waals surface area (Å²) in [6.07, 6.45) is 12.8. The van der Waals surface area contributed by atoms with Gasteiger partial charge in [0.1, 0.15) is 0 Å². The van der Waals surface area contributed by atoms with Gasteiger partial charge in [0.15, 0.2) is 0 Å². The normalized spacial score (nSPS) is 15.1. The van der Waals surface area contributed by atoms with Gasteiger partial charge in [0.25, 0.3) is 0 Å². The Bertz CT molecular complexity index is 973. The molecule has 0 spiro atoms. The first-order valence-corrected chi connectivity index (χ1v) is 12.5. The van der Waals surface area contributed by atoms with E-state index in [1.54, 1.807) is 24.5 Å². The van der Waals surface area contributed by atoms with Gasteiger partial charge in [-0.25, -0.2) is 0 Å². The summed E-state index contributed by atoms with van der Waals surface area (Å²) in [5, 5.41) is 2.99. The number of likely N-dealkylation sites (tertiary alicyclic amines) is 1. The summed E-state index contributed by atoms with van der Waals surface area (Å²) in [4.78, 5) is 18.7. The first kappa shape index (κ1) is 23.9. The number of hydrogen-bond acceptors (Lipinski definition) is 3. The number of hydrogen-bond donors (Lipinski definition) is 1. The second-order valence-electron chi connectivity index (χ2n) is 9.11. The van der Waals surface area contributed by atoms with Crippen LogP contribution >= 0.6 is 0 Å². The van der Waals surface area contributed by atoms with Crippen molar-refractivity contribution in [1.82, 2.24) is 15.2 Å². The van der Waals surface area contributed by atoms with Crippen LogP contribution in [0.1, 0.15) is 54.8 Å². The number of piperidine rings is 1. The molecule has 1 aromatic heterocycles. The van der Waals surface area contributed by atoms with Crippen LogP contribution in [-0.4, -0.2) is 35.4 Å². The first-order chi connectivity index (χ1) is 16.8. The summed E-state index contributed by atoms with van der Waals surface area (Å²) in [6, 6.07) is 25.9. The van der Waals surface area contributed by atoms with Gasteiger partial charge in [-0.2, -0.15) is 0 Å². The molecule has 2 aromatic carbocycles. The van der Waals surface area contributed by atoms with Crippen LogP contribution in [0.4, 0.5) is 0 Å². The minimum atomic E-state index is -0.0370. The fraction of sp³-hybridized carbons (Fsp3) is 0.333. The van der Waals surface area contributed by atoms with Crippen molar-refractivity contribution in [2.45, 2.75) is 38.1 Å². The lowest BCUT2D eigenvalue weighted by Gasteiger charge is -2.38. The van der Waals surface area contributed by atoms with E-state index in [4.69, 9.17) is 0 Å². The van der Waals surface area contributed by atoms with E-state index in [1.807, 2.05) is 12.1 Å². The molecule has 0 unspecified atom stereocenters. The van der Waals surface area contributed by atoms with Crippen molar-refractivity contribution in [1.29, 1.82) is 0 Å². The van der Waals surface area contributed by atoms with Crippen LogP contribution in [0.3, 0.4) is 0 Å². The Morgan fingerprint density at radius 3 is 2.24 bits per heavy atom. The molecule has 0 bridgehead atoms. The highest BCUT2D eigenvalue weighted by molar-refractivity contribution is 5.91. The van der Waals surface area contributed by atoms with E-state index in [1.165, 1.54) is 30.4 Å². The number of rotatable bonds is 10. The van der Waals surface area contributed by atoms with E-state index in [9.17, 15) is 4.79 Å². The Hall–Kier alpha value is -3.24. The maximum Gasteiger partial charge on any atom is 0.243 e. The molecule has 0 atom stereocenters. The quantitative estimate of drug-likeness (QED) is 0.308. The number of aromatic nitrogens is 1. The summed E-state index contributed by atoms with van der Waals surface area (Å²) >= 11 is 0. The van der Waals surface area contributed by atoms with Gasteiger partial charge in [0.2, 0.25) is 5.91 Å². The van der Waals surface area contributed by atoms with Crippen molar-refractivity contribution in [2.75, 3.05) is 19.6 Å². The molecular weight excluding hydrogens is 418 g/mol. The Morgan fingerprint density at radius 2 is 1.62 bits per heavy atom. The van der Waals surface area contributed by atoms with Crippen LogP contribution in [-0.2, 0) is 4.79 Å². The van der Waals surface area contributed by atoms with Gasteiger partial charge in [-0.1, -0.05) is 79.6 Å². The van der Waals surface area contributed by atoms with Gasteiger partial charge in [0.05, 0.1) is 6.04 Å². The SMILES string of the molecule is O=C(/C=C/c1cccnc1)NCCCCC1CCN(C(c2ccccc2)c2ccccc2)CC1. The average Bonchev–Trinajstić information content (AvgIpc) is 2.90. The molecule has 176 valence electrons. The highest BCUT2D eigenvalue weighted by Crippen LogP contribution is 2.33. The van der Waals surface area contributed by atoms with Crippen LogP contribution in [0.15, 0.2) is 91.3 Å². The van der Waals surface area contributed by atoms with E-state index < -0.39 is 0 Å². The van der Waals surface area contributed by atoms with E-state index in [0.29, 0.717) is 6.04 Å². The highest BCUT2D eigenvalue weighted by atomic mass is 16.1. The lowest BCUT2D eigenvalue weighted by molar-refractivity contribution is -0.116. The van der Waals surface area contributed by atoms with Crippen LogP contribution < -0.4 is 5.32 Å². The molecule has 1 saturated heterocycles. The molecule has 1 N–H and O–H groups in total. The maximum absolute atomic E-state index is 12.0. The van der Waals surface area contributed by atoms with Crippen LogP contribution in [0, 0.1) is 5.92 Å². The summed E-state index contributed by atoms with van der Waals surface area (Å²) in [6.45, 7) is 3.00. The molecule has 1 aliphatic heterocycles. The summed E-state index contributed by atoms with van der Waals surface area (Å²) in [7, 11) is 0. The van der Waals surface area contributed by atoms with Gasteiger partial charge in [-0.3, -0.25) is 14.7 Å². The lowest BCUT2D eigenvalue weighted by Crippen LogP contribution is -2.37. The molecule has 0 radical (unpaired) electrons. The zero-order valence-corrected chi connectivity index (χ0v) is 19.9. The van der Waals surface area contributed by atoms with Gasteiger partial charge < -0.3 is 5.32 Å². The Labute approximate surface area is 203 Å². The molecule has 1 fully saturated rings. The predicted molar refractivity (Wildman–Crippen MR) is 139 cm³/mol. The Morgan fingerprint density at radius 1 is 0.941 bits per heavy atom. The third-order valence-corrected chi connectivity index (χ3v) is 6.69. The van der Waals surface area contributed by atoms with Gasteiger partial charge in [0, 0.05) is 25.0 Å². The number of carbonyl (C=O) groups excluding carboxylic acids is 1. The van der Waals surface area contributed by atoms with Crippen molar-refractivity contribution in [2.24, 2.45) is 5.92 Å². The number of amides is 1. The second-order valence-corrected chi connectivity index (χ2v) is 9.11. The lowest BCUT2D eigenvalue weighted by atomic mass is 9.88. The fourth-order valence-corrected chi connectivity index (χ4v) is 4.86. The number of nitrogens with one attached hydrogen (secondary N) is 1. The summed E-state index contributed by atoms with van der Waals surface area (Å²) in [5.41, 5.74) is 3.69. The molecule has 0 saturated carbocycles. The fourth-order valence-electron chi connectivity index (χ4n) is 4.86. The largest absolute Gasteiger partial charge is 0.353 e. The maximum atomic E-state index is 12.0. The van der Waals surface area contributed by atoms with Gasteiger partial charge in [-0.05, 0) is 67.1 Å². The molecule has 1 amide bonds. The smallest absolute Gasteiger partial charge is 0.243 e. The number of pyridine rings is 1. The Balaban J connectivity index is 1.18. The van der Waals surface area contributed by atoms with E-state index in [2.05, 4.69) is 75.9 Å². The molecule has 34 heavy (non-hydrogen) atoms. The monoisotopic (exact) mass is 453 g/mol. The molecule has 1 aliphatic rings. The van der Waals surface area contributed by atoms with Crippen molar-refractivity contribution in [3.63, 3.8) is 0 Å². The minimum absolute atomic E-state index is 0.0370. The predicted octanol–water partition coefficient (Wildman–Crippen LogP) is 5.88. The standard InChI is InChI=1S/C30H35N3O/c34-29(17-16-26-11-9-20-31-24-26)32-21-8-7-10-25-18-22-33(23-19-25)30(27-12-3-1-4-13-27)28-14-5-2-6-15-28/h1-6,9,11-17,20,24-25,30H,7-8,10,18-19,21-23H2,(H,32,34)/b17-16+. The van der Waals surface area contributed by atoms with Crippen molar-refractivity contribution >= 4 is 12.0 Å². The van der Waals surface area contributed by atoms with Crippen LogP contribution in [0.25, 0.3) is 6.08 Å². The van der Waals surface area contributed by atoms with E-state index in [0.717, 1.165) is 44.0 Å². The van der Waals surface area contributed by atoms with E-state index in [-0.39, 0.29) is 5.91 Å². The number of carbonyl (C=O) groups is 1. The van der Waals surface area contributed by atoms with Gasteiger partial charge >= 0.3 is 0 Å². The zero-order chi connectivity index (χ0) is 23.4. The van der Waals surface area contributed by atoms with E-state index >= 15 is 0 Å². The summed E-state index contributed by atoms with van der Waals surface area (Å²) < 4.78 is 0. The number of unbranched alkanes of at least 4 members (excludes halogenated alkanes) is 1. The average molecular weight is 454 g/mol. The molecule has 3 aromatic rings. The molecule has 4 nitrogen and oxygen atoms in total. The third-order valence-electron chi connectivity index (χ3n) is 6.69. The highest BCUT2D eigenvalue weighted by Gasteiger charge is 2.27. The zero-order valence-electron chi connectivity index (χ0n) is 19.9. The van der Waals surface area contributed by atoms with Crippen molar-refractivity contribution < 1.29 is 4.79 Å². The van der Waals surface area contributed by atoms with Crippen LogP contribution in [0.2, 0.25) is 0 Å². The van der Waals surface area contributed by atoms with Gasteiger partial charge in [-0.15, -0.1) is 0 Å². The molecule has 0 aliphatic carbocycles. The number of nitrogens with zero attached hydrogens (tertiary/aromatic N) is 2. The third kappa shape index (κ3) is 7.13. The molecule has 4 heteroatoms. The minimum Gasteiger partial charge on any atom is -0.353 e. The number of benzene rings is 2. The summed E-state index contributed by atoms with van der Waals surface area (Å²) in [5.74, 6) is 0.745. The van der Waals surface area contributed by atoms with Crippen molar-refractivity contribution in [3.05, 3.63) is 108 Å². The molecule has 2 heterocycles. The molecular formula is C30H35N3O. The topological polar surface area (TPSA) is 45.2 Å². The first-order valence-electron chi connectivity index (χ1n) is 12.5. The molecule has 4 rings (SSSR count). The van der Waals surface area contributed by atoms with Crippen molar-refractivity contribution in [3.8, 4) is 0 Å². The van der Waals surface area contributed by atoms with Crippen LogP contribution in [0.5, 0.6) is 0 Å². The Kier molecular flexibility index (Phi) is 9.04. The second kappa shape index (κ2) is 12.9.